The lowest BCUT2D eigenvalue weighted by Crippen LogP contribution is -2.24. The van der Waals surface area contributed by atoms with E-state index in [9.17, 15) is 4.79 Å². The summed E-state index contributed by atoms with van der Waals surface area (Å²) in [5.74, 6) is 2.86. The molecule has 6 nitrogen and oxygen atoms in total. The minimum absolute atomic E-state index is 0.0815. The van der Waals surface area contributed by atoms with E-state index in [0.29, 0.717) is 33.0 Å². The molecule has 2 aromatic rings. The van der Waals surface area contributed by atoms with Crippen LogP contribution >= 0.6 is 0 Å². The van der Waals surface area contributed by atoms with Crippen LogP contribution in [0, 0.1) is 0 Å². The molecule has 0 aromatic heterocycles. The van der Waals surface area contributed by atoms with E-state index in [1.807, 2.05) is 36.4 Å². The van der Waals surface area contributed by atoms with Crippen LogP contribution in [0.25, 0.3) is 6.08 Å². The lowest BCUT2D eigenvalue weighted by Gasteiger charge is -2.20. The summed E-state index contributed by atoms with van der Waals surface area (Å²) in [6.07, 6.45) is 4.22. The van der Waals surface area contributed by atoms with E-state index in [2.05, 4.69) is 0 Å². The first kappa shape index (κ1) is 18.2. The molecule has 2 heterocycles. The standard InChI is InChI=1S/C22H23NO5/c1-23(15-17-4-7-19-21(14-17)28-12-11-27-19)22(24)8-5-16-3-6-18-20(13-16)26-10-2-9-25-18/h3-8,13-14H,2,9-12,15H2,1H3/b8-5+. The smallest absolute Gasteiger partial charge is 0.246 e. The van der Waals surface area contributed by atoms with Crippen LogP contribution in [0.4, 0.5) is 0 Å². The van der Waals surface area contributed by atoms with Gasteiger partial charge in [-0.15, -0.1) is 0 Å². The molecule has 0 spiro atoms. The van der Waals surface area contributed by atoms with Gasteiger partial charge in [-0.25, -0.2) is 0 Å². The second-order valence-corrected chi connectivity index (χ2v) is 6.76. The van der Waals surface area contributed by atoms with Gasteiger partial charge in [-0.1, -0.05) is 12.1 Å². The first-order valence-corrected chi connectivity index (χ1v) is 9.40. The van der Waals surface area contributed by atoms with Crippen molar-refractivity contribution in [2.24, 2.45) is 0 Å². The van der Waals surface area contributed by atoms with Crippen LogP contribution in [-0.2, 0) is 11.3 Å². The molecule has 2 aromatic carbocycles. The number of amides is 1. The molecule has 28 heavy (non-hydrogen) atoms. The Hall–Kier alpha value is -3.15. The summed E-state index contributed by atoms with van der Waals surface area (Å²) >= 11 is 0. The Bertz CT molecular complexity index is 892. The van der Waals surface area contributed by atoms with Crippen molar-refractivity contribution in [3.05, 3.63) is 53.6 Å². The number of likely N-dealkylation sites (N-methyl/N-ethyl adjacent to an activating group) is 1. The maximum Gasteiger partial charge on any atom is 0.246 e. The van der Waals surface area contributed by atoms with Crippen LogP contribution in [-0.4, -0.2) is 44.3 Å². The maximum atomic E-state index is 12.5. The highest BCUT2D eigenvalue weighted by atomic mass is 16.6. The lowest BCUT2D eigenvalue weighted by atomic mass is 10.1. The second kappa shape index (κ2) is 8.25. The van der Waals surface area contributed by atoms with Gasteiger partial charge >= 0.3 is 0 Å². The number of carbonyl (C=O) groups is 1. The molecule has 0 unspecified atom stereocenters. The highest BCUT2D eigenvalue weighted by Crippen LogP contribution is 2.32. The number of rotatable bonds is 4. The summed E-state index contributed by atoms with van der Waals surface area (Å²) < 4.78 is 22.5. The largest absolute Gasteiger partial charge is 0.490 e. The third-order valence-electron chi connectivity index (χ3n) is 4.59. The molecule has 0 bridgehead atoms. The fraction of sp³-hybridized carbons (Fsp3) is 0.318. The van der Waals surface area contributed by atoms with Gasteiger partial charge in [0.05, 0.1) is 13.2 Å². The fourth-order valence-electron chi connectivity index (χ4n) is 3.12. The third-order valence-corrected chi connectivity index (χ3v) is 4.59. The zero-order valence-corrected chi connectivity index (χ0v) is 15.8. The number of ether oxygens (including phenoxy) is 4. The first-order valence-electron chi connectivity index (χ1n) is 9.40. The molecular weight excluding hydrogens is 358 g/mol. The Morgan fingerprint density at radius 3 is 2.36 bits per heavy atom. The molecule has 6 heteroatoms. The van der Waals surface area contributed by atoms with Gasteiger partial charge < -0.3 is 23.8 Å². The quantitative estimate of drug-likeness (QED) is 0.761. The molecule has 0 N–H and O–H groups in total. The minimum Gasteiger partial charge on any atom is -0.490 e. The van der Waals surface area contributed by atoms with Crippen LogP contribution in [0.5, 0.6) is 23.0 Å². The average molecular weight is 381 g/mol. The van der Waals surface area contributed by atoms with Gasteiger partial charge in [0.2, 0.25) is 5.91 Å². The van der Waals surface area contributed by atoms with E-state index in [1.54, 1.807) is 24.1 Å². The molecule has 2 aliphatic rings. The molecule has 2 aliphatic heterocycles. The molecule has 0 fully saturated rings. The predicted octanol–water partition coefficient (Wildman–Crippen LogP) is 3.29. The van der Waals surface area contributed by atoms with Crippen LogP contribution in [0.1, 0.15) is 17.5 Å². The molecular formula is C22H23NO5. The monoisotopic (exact) mass is 381 g/mol. The van der Waals surface area contributed by atoms with Crippen molar-refractivity contribution in [1.29, 1.82) is 0 Å². The van der Waals surface area contributed by atoms with Gasteiger partial charge in [-0.05, 0) is 41.5 Å². The van der Waals surface area contributed by atoms with Crippen molar-refractivity contribution in [2.75, 3.05) is 33.5 Å². The SMILES string of the molecule is CN(Cc1ccc2c(c1)OCCO2)C(=O)/C=C/c1ccc2c(c1)OCCCO2. The summed E-state index contributed by atoms with van der Waals surface area (Å²) in [4.78, 5) is 14.1. The normalized spacial score (nSPS) is 15.2. The number of nitrogens with zero attached hydrogens (tertiary/aromatic N) is 1. The predicted molar refractivity (Wildman–Crippen MR) is 105 cm³/mol. The van der Waals surface area contributed by atoms with E-state index in [-0.39, 0.29) is 5.91 Å². The van der Waals surface area contributed by atoms with Crippen molar-refractivity contribution in [3.8, 4) is 23.0 Å². The molecule has 0 aliphatic carbocycles. The highest BCUT2D eigenvalue weighted by molar-refractivity contribution is 5.91. The molecule has 0 radical (unpaired) electrons. The zero-order chi connectivity index (χ0) is 19.3. The van der Waals surface area contributed by atoms with Crippen molar-refractivity contribution < 1.29 is 23.7 Å². The number of hydrogen-bond donors (Lipinski definition) is 0. The van der Waals surface area contributed by atoms with Crippen LogP contribution < -0.4 is 18.9 Å². The number of benzene rings is 2. The summed E-state index contributed by atoms with van der Waals surface area (Å²) in [6.45, 7) is 2.89. The number of hydrogen-bond acceptors (Lipinski definition) is 5. The van der Waals surface area contributed by atoms with Crippen molar-refractivity contribution >= 4 is 12.0 Å². The summed E-state index contributed by atoms with van der Waals surface area (Å²) in [5.41, 5.74) is 1.88. The molecule has 0 saturated heterocycles. The Balaban J connectivity index is 1.39. The van der Waals surface area contributed by atoms with Crippen molar-refractivity contribution in [1.82, 2.24) is 4.90 Å². The zero-order valence-electron chi connectivity index (χ0n) is 15.8. The molecule has 1 amide bonds. The van der Waals surface area contributed by atoms with Gasteiger partial charge in [0.15, 0.2) is 23.0 Å². The maximum absolute atomic E-state index is 12.5. The van der Waals surface area contributed by atoms with Crippen LogP contribution in [0.3, 0.4) is 0 Å². The van der Waals surface area contributed by atoms with Gasteiger partial charge in [-0.2, -0.15) is 0 Å². The van der Waals surface area contributed by atoms with Gasteiger partial charge in [-0.3, -0.25) is 4.79 Å². The molecule has 4 rings (SSSR count). The van der Waals surface area contributed by atoms with E-state index in [1.165, 1.54) is 0 Å². The molecule has 146 valence electrons. The van der Waals surface area contributed by atoms with Crippen molar-refractivity contribution in [2.45, 2.75) is 13.0 Å². The highest BCUT2D eigenvalue weighted by Gasteiger charge is 2.14. The summed E-state index contributed by atoms with van der Waals surface area (Å²) in [6, 6.07) is 11.4. The molecule has 0 saturated carbocycles. The Morgan fingerprint density at radius 1 is 0.893 bits per heavy atom. The summed E-state index contributed by atoms with van der Waals surface area (Å²) in [5, 5.41) is 0. The van der Waals surface area contributed by atoms with E-state index in [4.69, 9.17) is 18.9 Å². The van der Waals surface area contributed by atoms with Gasteiger partial charge in [0, 0.05) is 26.1 Å². The Morgan fingerprint density at radius 2 is 1.54 bits per heavy atom. The van der Waals surface area contributed by atoms with E-state index in [0.717, 1.165) is 40.5 Å². The van der Waals surface area contributed by atoms with Crippen LogP contribution in [0.15, 0.2) is 42.5 Å². The number of carbonyl (C=O) groups excluding carboxylic acids is 1. The number of fused-ring (bicyclic) bond motifs is 2. The van der Waals surface area contributed by atoms with E-state index < -0.39 is 0 Å². The van der Waals surface area contributed by atoms with Crippen molar-refractivity contribution in [3.63, 3.8) is 0 Å². The second-order valence-electron chi connectivity index (χ2n) is 6.76. The topological polar surface area (TPSA) is 57.2 Å². The van der Waals surface area contributed by atoms with Gasteiger partial charge in [0.1, 0.15) is 13.2 Å². The minimum atomic E-state index is -0.0815. The first-order chi connectivity index (χ1) is 13.7. The fourth-order valence-corrected chi connectivity index (χ4v) is 3.12. The van der Waals surface area contributed by atoms with E-state index >= 15 is 0 Å². The Kier molecular flexibility index (Phi) is 5.37. The average Bonchev–Trinajstić information content (AvgIpc) is 2.96. The summed E-state index contributed by atoms with van der Waals surface area (Å²) in [7, 11) is 1.78. The molecule has 0 atom stereocenters. The lowest BCUT2D eigenvalue weighted by molar-refractivity contribution is -0.125. The van der Waals surface area contributed by atoms with Gasteiger partial charge in [0.25, 0.3) is 0 Å². The third kappa shape index (κ3) is 4.22. The Labute approximate surface area is 164 Å². The van der Waals surface area contributed by atoms with Crippen LogP contribution in [0.2, 0.25) is 0 Å².